The number of ketones is 1. The molecule has 1 aliphatic heterocycles. The van der Waals surface area contributed by atoms with Gasteiger partial charge in [-0.05, 0) is 83.6 Å². The third-order valence-corrected chi connectivity index (χ3v) is 20.1. The number of carboxylic acids is 4. The van der Waals surface area contributed by atoms with Crippen LogP contribution in [0.4, 0.5) is 10.5 Å². The minimum atomic E-state index is -2.53. The van der Waals surface area contributed by atoms with Gasteiger partial charge in [-0.2, -0.15) is 0 Å². The number of esters is 1. The van der Waals surface area contributed by atoms with Gasteiger partial charge >= 0.3 is 35.9 Å². The summed E-state index contributed by atoms with van der Waals surface area (Å²) in [5.74, 6) is -31.5. The fraction of sp³-hybridized carbons (Fsp3) is 0.530. The normalized spacial score (nSPS) is 20.3. The smallest absolute Gasteiger partial charge is 0.419 e. The van der Waals surface area contributed by atoms with E-state index < -0.39 is 292 Å². The van der Waals surface area contributed by atoms with E-state index in [-0.39, 0.29) is 42.6 Å². The molecule has 0 aliphatic carbocycles. The number of fused-ring (bicyclic) bond motifs is 1. The number of ether oxygens (including phenoxy) is 2. The summed E-state index contributed by atoms with van der Waals surface area (Å²) in [6.45, 7) is 5.49. The number of carbonyl (C=O) groups is 22. The van der Waals surface area contributed by atoms with Gasteiger partial charge in [-0.25, -0.2) is 19.1 Å². The van der Waals surface area contributed by atoms with E-state index in [1.807, 2.05) is 16.0 Å². The zero-order valence-corrected chi connectivity index (χ0v) is 73.7. The first-order chi connectivity index (χ1) is 62.2. The Bertz CT molecular complexity index is 4850. The maximum Gasteiger partial charge on any atom is 0.419 e. The highest BCUT2D eigenvalue weighted by Crippen LogP contribution is 2.22. The van der Waals surface area contributed by atoms with Crippen molar-refractivity contribution in [1.82, 2.24) is 89.0 Å². The number of hydrogen-bond acceptors (Lipinski definition) is 28. The van der Waals surface area contributed by atoms with E-state index in [1.165, 1.54) is 30.5 Å². The second-order valence-corrected chi connectivity index (χ2v) is 32.3. The summed E-state index contributed by atoms with van der Waals surface area (Å²) in [7, 11) is 0. The van der Waals surface area contributed by atoms with Crippen LogP contribution < -0.4 is 91.6 Å². The first-order valence-corrected chi connectivity index (χ1v) is 42.2. The SMILES string of the molecule is CCCCCCCCCC(=O)NC(Cc1c[nH]c2ccccc12)C(=O)NC(CC(N)=O)C(=O)NC(CC(=O)O)C(=O)NC1C(=O)NCC(=O)NC(CCCNC(=O)C(N)Cc2cn(C(=O)OC(C)(C)C)cn2)C(=O)NC(CC(=O)O)C(=O)NC(C)C(=O)NC(CC(=O)O)C(=O)NCC(=O)NC(CO)C(=O)NC(C(C)CC(=O)O)C(=O)NC(CC(=O)c2ccccc2N)C(=O)OC1C. The quantitative estimate of drug-likeness (QED) is 0.00862. The van der Waals surface area contributed by atoms with Crippen LogP contribution in [0.15, 0.2) is 67.3 Å². The monoisotopic (exact) mass is 1860 g/mol. The maximum atomic E-state index is 15.0. The van der Waals surface area contributed by atoms with Crippen LogP contribution in [0.25, 0.3) is 10.9 Å². The van der Waals surface area contributed by atoms with Gasteiger partial charge in [0.05, 0.1) is 63.5 Å². The Morgan fingerprint density at radius 1 is 0.591 bits per heavy atom. The van der Waals surface area contributed by atoms with Crippen molar-refractivity contribution >= 4 is 147 Å². The number of carboxylic acid groups (broad SMARTS) is 4. The molecule has 1 saturated heterocycles. The topological polar surface area (TPSA) is 775 Å². The van der Waals surface area contributed by atoms with E-state index in [9.17, 15) is 121 Å². The number of unbranched alkanes of at least 4 members (excludes halogenated alkanes) is 6. The molecule has 0 radical (unpaired) electrons. The van der Waals surface area contributed by atoms with Crippen LogP contribution in [-0.2, 0) is 118 Å². The highest BCUT2D eigenvalue weighted by molar-refractivity contribution is 6.05. The minimum absolute atomic E-state index is 0.0414. The summed E-state index contributed by atoms with van der Waals surface area (Å²) >= 11 is 0. The number of imidazole rings is 1. The third kappa shape index (κ3) is 36.9. The Balaban J connectivity index is 1.64. The lowest BCUT2D eigenvalue weighted by Crippen LogP contribution is -2.62. The van der Waals surface area contributed by atoms with E-state index >= 15 is 9.59 Å². The maximum absolute atomic E-state index is 15.0. The molecule has 0 saturated carbocycles. The van der Waals surface area contributed by atoms with E-state index in [4.69, 9.17) is 26.7 Å². The molecule has 15 amide bonds. The van der Waals surface area contributed by atoms with Crippen LogP contribution in [0.2, 0.25) is 0 Å². The number of carbonyl (C=O) groups excluding carboxylic acids is 18. The molecule has 4 aromatic rings. The Hall–Kier alpha value is -14.5. The number of rotatable bonds is 39. The van der Waals surface area contributed by atoms with Gasteiger partial charge in [-0.15, -0.1) is 0 Å². The predicted molar refractivity (Wildman–Crippen MR) is 460 cm³/mol. The molecule has 26 N–H and O–H groups in total. The number of nitrogen functional groups attached to an aromatic ring is 1. The van der Waals surface area contributed by atoms with Crippen LogP contribution in [-0.4, -0.2) is 281 Å². The van der Waals surface area contributed by atoms with Crippen molar-refractivity contribution in [3.63, 3.8) is 0 Å². The second kappa shape index (κ2) is 52.8. The lowest BCUT2D eigenvalue weighted by atomic mass is 9.96. The number of nitrogens with two attached hydrogens (primary N) is 3. The summed E-state index contributed by atoms with van der Waals surface area (Å²) < 4.78 is 12.1. The van der Waals surface area contributed by atoms with Gasteiger partial charge in [0.25, 0.3) is 0 Å². The molecule has 14 atom stereocenters. The third-order valence-electron chi connectivity index (χ3n) is 20.1. The molecule has 3 heterocycles. The molecular formula is C83H116N20O29. The average molecular weight is 1860 g/mol. The zero-order valence-electron chi connectivity index (χ0n) is 73.7. The van der Waals surface area contributed by atoms with Gasteiger partial charge in [0.1, 0.15) is 84.5 Å². The number of aliphatic hydroxyl groups excluding tert-OH is 1. The summed E-state index contributed by atoms with van der Waals surface area (Å²) in [4.78, 5) is 310. The molecule has 49 nitrogen and oxygen atoms in total. The summed E-state index contributed by atoms with van der Waals surface area (Å²) in [5, 5.41) is 81.7. The molecular weight excluding hydrogens is 1740 g/mol. The number of aliphatic hydroxyl groups is 1. The van der Waals surface area contributed by atoms with Crippen LogP contribution in [0.3, 0.4) is 0 Å². The molecule has 132 heavy (non-hydrogen) atoms. The molecule has 2 aromatic carbocycles. The van der Waals surface area contributed by atoms with E-state index in [0.717, 1.165) is 63.8 Å². The van der Waals surface area contributed by atoms with Crippen molar-refractivity contribution in [2.75, 3.05) is 32.0 Å². The van der Waals surface area contributed by atoms with Gasteiger partial charge in [-0.3, -0.25) is 95.9 Å². The van der Waals surface area contributed by atoms with Crippen molar-refractivity contribution in [1.29, 1.82) is 0 Å². The molecule has 2 aromatic heterocycles. The largest absolute Gasteiger partial charge is 0.481 e. The van der Waals surface area contributed by atoms with Gasteiger partial charge in [0, 0.05) is 66.8 Å². The Labute approximate surface area is 755 Å². The van der Waals surface area contributed by atoms with E-state index in [2.05, 4.69) is 75.4 Å². The number of para-hydroxylation sites is 2. The predicted octanol–water partition coefficient (Wildman–Crippen LogP) is -4.91. The Morgan fingerprint density at radius 3 is 1.77 bits per heavy atom. The van der Waals surface area contributed by atoms with Crippen molar-refractivity contribution in [3.8, 4) is 0 Å². The number of hydrogen-bond donors (Lipinski definition) is 23. The van der Waals surface area contributed by atoms with Gasteiger partial charge in [-0.1, -0.05) is 82.7 Å². The number of cyclic esters (lactones) is 1. The first kappa shape index (κ1) is 108. The average Bonchev–Trinajstić information content (AvgIpc) is 1.69. The van der Waals surface area contributed by atoms with Crippen molar-refractivity contribution < 1.29 is 140 Å². The number of nitrogens with zero attached hydrogens (tertiary/aromatic N) is 2. The number of primary amides is 1. The fourth-order valence-corrected chi connectivity index (χ4v) is 13.3. The van der Waals surface area contributed by atoms with Crippen molar-refractivity contribution in [2.24, 2.45) is 17.4 Å². The summed E-state index contributed by atoms with van der Waals surface area (Å²) in [5.41, 5.74) is 17.8. The second-order valence-electron chi connectivity index (χ2n) is 32.3. The van der Waals surface area contributed by atoms with Gasteiger partial charge in [0.15, 0.2) is 5.78 Å². The number of benzene rings is 2. The lowest BCUT2D eigenvalue weighted by Gasteiger charge is -2.30. The van der Waals surface area contributed by atoms with Gasteiger partial charge < -0.3 is 132 Å². The van der Waals surface area contributed by atoms with Crippen LogP contribution >= 0.6 is 0 Å². The molecule has 0 spiro atoms. The number of anilines is 1. The molecule has 0 bridgehead atoms. The number of nitrogens with one attached hydrogen (secondary N) is 15. The van der Waals surface area contributed by atoms with Crippen molar-refractivity contribution in [3.05, 3.63) is 84.1 Å². The Morgan fingerprint density at radius 2 is 1.15 bits per heavy atom. The van der Waals surface area contributed by atoms with Crippen molar-refractivity contribution in [2.45, 2.75) is 248 Å². The molecule has 5 rings (SSSR count). The first-order valence-electron chi connectivity index (χ1n) is 42.2. The Kier molecular flexibility index (Phi) is 43.2. The van der Waals surface area contributed by atoms with Crippen LogP contribution in [0.1, 0.15) is 173 Å². The standard InChI is InChI=1S/C83H116N20O29/c1-8-9-10-11-12-13-14-25-61(107)94-52(28-44-35-88-50-23-18-16-20-46(44)50)75(123)97-53(31-60(86)106)76(124)99-56(34-67(116)117)77(125)102-69-43(4)131-81(129)57(30-59(105)47-21-15-17-22-48(47)84)100-80(128)68(41(2)27-64(110)111)101-78(126)58(39-104)95-63(109)36-89-72(120)54(32-65(112)113)96-70(118)42(3)92-74(122)55(33-66(114)115)98-73(121)51(93-62(108)37-90-79(69)127)24-19-26-87-71(119)49(85)29-45-38-103(40-91-45)82(130)132-83(5,6)7/h15-18,20-23,35,38,40-43,49,51-58,68-69,88,104H,8-14,19,24-34,36-37,39,84-85H2,1-7H3,(H2,86,106)(H,87,119)(H,89,120)(H,90,127)(H,92,122)(H,93,108)(H,94,107)(H,95,109)(H,96,118)(H,97,123)(H,98,121)(H,99,124)(H,100,128)(H,101,126)(H,102,125)(H,110,111)(H,112,113)(H,114,115)(H,116,117). The van der Waals surface area contributed by atoms with Crippen LogP contribution in [0, 0.1) is 5.92 Å². The zero-order chi connectivity index (χ0) is 98.4. The number of aromatic nitrogens is 3. The number of Topliss-reactive ketones (excluding diaryl/α,β-unsaturated/α-hetero) is 1. The number of aromatic amines is 1. The van der Waals surface area contributed by atoms with E-state index in [1.54, 1.807) is 51.2 Å². The number of amides is 15. The number of H-pyrrole nitrogens is 1. The summed E-state index contributed by atoms with van der Waals surface area (Å²) in [6.07, 6.45) is -2.03. The molecule has 722 valence electrons. The number of aliphatic carboxylic acids is 4. The molecule has 1 fully saturated rings. The van der Waals surface area contributed by atoms with Crippen LogP contribution in [0.5, 0.6) is 0 Å². The van der Waals surface area contributed by atoms with Gasteiger partial charge in [0.2, 0.25) is 88.6 Å². The fourth-order valence-electron chi connectivity index (χ4n) is 13.3. The summed E-state index contributed by atoms with van der Waals surface area (Å²) in [6, 6.07) is -12.8. The minimum Gasteiger partial charge on any atom is -0.481 e. The van der Waals surface area contributed by atoms with E-state index in [0.29, 0.717) is 29.3 Å². The lowest BCUT2D eigenvalue weighted by molar-refractivity contribution is -0.156. The highest BCUT2D eigenvalue weighted by atomic mass is 16.6. The molecule has 14 unspecified atom stereocenters. The molecule has 1 aliphatic rings. The highest BCUT2D eigenvalue weighted by Gasteiger charge is 2.42. The molecule has 49 heteroatoms.